The number of nitrogens with two attached hydrogens (primary N) is 1. The molecular formula is C15H18Cl3N3O3. The van der Waals surface area contributed by atoms with Gasteiger partial charge in [0.05, 0.1) is 10.7 Å². The number of hydrogen-bond donors (Lipinski definition) is 1. The molecule has 1 amide bonds. The molecule has 24 heavy (non-hydrogen) atoms. The maximum absolute atomic E-state index is 12.4. The second kappa shape index (κ2) is 8.23. The van der Waals surface area contributed by atoms with E-state index in [9.17, 15) is 9.59 Å². The van der Waals surface area contributed by atoms with Gasteiger partial charge in [0, 0.05) is 13.1 Å². The minimum atomic E-state index is -0.954. The first-order valence-corrected chi connectivity index (χ1v) is 8.76. The lowest BCUT2D eigenvalue weighted by molar-refractivity contribution is -0.139. The monoisotopic (exact) mass is 393 g/mol. The summed E-state index contributed by atoms with van der Waals surface area (Å²) in [6.07, 6.45) is 3.14. The molecule has 2 heterocycles. The van der Waals surface area contributed by atoms with Crippen molar-refractivity contribution in [3.05, 3.63) is 20.9 Å². The zero-order chi connectivity index (χ0) is 17.9. The number of ether oxygens (including phenoxy) is 1. The molecule has 1 aromatic heterocycles. The molecule has 0 bridgehead atoms. The van der Waals surface area contributed by atoms with E-state index in [1.165, 1.54) is 6.92 Å². The topological polar surface area (TPSA) is 85.5 Å². The smallest absolute Gasteiger partial charge is 0.359 e. The van der Waals surface area contributed by atoms with E-state index < -0.39 is 12.1 Å². The lowest BCUT2D eigenvalue weighted by Crippen LogP contribution is -2.40. The summed E-state index contributed by atoms with van der Waals surface area (Å²) < 4.78 is 5.19. The first kappa shape index (κ1) is 19.1. The Balaban J connectivity index is 2.10. The number of amides is 1. The lowest BCUT2D eigenvalue weighted by Gasteiger charge is -2.24. The summed E-state index contributed by atoms with van der Waals surface area (Å²) >= 11 is 17.6. The summed E-state index contributed by atoms with van der Waals surface area (Å²) in [5.41, 5.74) is 5.35. The molecule has 1 saturated heterocycles. The highest BCUT2D eigenvalue weighted by atomic mass is 35.5. The molecule has 9 heteroatoms. The molecule has 0 radical (unpaired) electrons. The summed E-state index contributed by atoms with van der Waals surface area (Å²) in [4.78, 5) is 30.2. The standard InChI is InChI=1S/C15H18Cl3N3O3/c1-8(14(22)21-6-4-2-3-5-7-21)24-15(23)12-9(16)11(19)10(17)13(18)20-12/h8H,2-7H2,1H3,(H2,19,20)/t8-/m1/s1. The van der Waals surface area contributed by atoms with Crippen LogP contribution in [-0.4, -0.2) is 41.0 Å². The maximum Gasteiger partial charge on any atom is 0.359 e. The Labute approximate surface area is 155 Å². The van der Waals surface area contributed by atoms with Crippen LogP contribution in [0.15, 0.2) is 0 Å². The first-order valence-electron chi connectivity index (χ1n) is 7.62. The van der Waals surface area contributed by atoms with E-state index >= 15 is 0 Å². The molecule has 0 unspecified atom stereocenters. The average Bonchev–Trinajstić information content (AvgIpc) is 2.84. The summed E-state index contributed by atoms with van der Waals surface area (Å²) in [7, 11) is 0. The van der Waals surface area contributed by atoms with Crippen molar-refractivity contribution in [2.45, 2.75) is 38.7 Å². The van der Waals surface area contributed by atoms with E-state index in [1.807, 2.05) is 0 Å². The van der Waals surface area contributed by atoms with Crippen molar-refractivity contribution >= 4 is 52.4 Å². The van der Waals surface area contributed by atoms with Crippen molar-refractivity contribution in [3.8, 4) is 0 Å². The molecule has 0 saturated carbocycles. The summed E-state index contributed by atoms with van der Waals surface area (Å²) in [5, 5.41) is -0.340. The second-order valence-corrected chi connectivity index (χ2v) is 6.69. The molecule has 0 aliphatic carbocycles. The Morgan fingerprint density at radius 1 is 1.12 bits per heavy atom. The van der Waals surface area contributed by atoms with Crippen molar-refractivity contribution in [1.29, 1.82) is 0 Å². The number of aromatic nitrogens is 1. The van der Waals surface area contributed by atoms with Gasteiger partial charge in [0.1, 0.15) is 5.02 Å². The zero-order valence-electron chi connectivity index (χ0n) is 13.2. The van der Waals surface area contributed by atoms with E-state index in [4.69, 9.17) is 45.3 Å². The molecule has 2 N–H and O–H groups in total. The number of hydrogen-bond acceptors (Lipinski definition) is 5. The van der Waals surface area contributed by atoms with Crippen molar-refractivity contribution in [2.75, 3.05) is 18.8 Å². The van der Waals surface area contributed by atoms with Gasteiger partial charge in [-0.1, -0.05) is 47.6 Å². The quantitative estimate of drug-likeness (QED) is 0.625. The van der Waals surface area contributed by atoms with Gasteiger partial charge in [-0.25, -0.2) is 9.78 Å². The fraction of sp³-hybridized carbons (Fsp3) is 0.533. The third-order valence-corrected chi connectivity index (χ3v) is 4.95. The van der Waals surface area contributed by atoms with Gasteiger partial charge < -0.3 is 15.4 Å². The van der Waals surface area contributed by atoms with Crippen LogP contribution in [0, 0.1) is 0 Å². The molecule has 1 fully saturated rings. The number of pyridine rings is 1. The molecule has 1 aromatic rings. The van der Waals surface area contributed by atoms with Crippen molar-refractivity contribution in [3.63, 3.8) is 0 Å². The van der Waals surface area contributed by atoms with Gasteiger partial charge in [0.2, 0.25) is 0 Å². The minimum Gasteiger partial charge on any atom is -0.448 e. The Hall–Kier alpha value is -1.24. The van der Waals surface area contributed by atoms with Crippen LogP contribution in [0.1, 0.15) is 43.1 Å². The number of rotatable bonds is 3. The summed E-state index contributed by atoms with van der Waals surface area (Å²) in [6, 6.07) is 0. The van der Waals surface area contributed by atoms with Gasteiger partial charge in [-0.2, -0.15) is 0 Å². The molecule has 1 aliphatic rings. The molecule has 132 valence electrons. The number of nitrogen functional groups attached to an aromatic ring is 1. The normalized spacial score (nSPS) is 16.4. The first-order chi connectivity index (χ1) is 11.3. The predicted molar refractivity (Wildman–Crippen MR) is 93.6 cm³/mol. The van der Waals surface area contributed by atoms with Crippen molar-refractivity contribution in [2.24, 2.45) is 0 Å². The van der Waals surface area contributed by atoms with E-state index in [2.05, 4.69) is 4.98 Å². The second-order valence-electron chi connectivity index (χ2n) is 5.58. The number of carbonyl (C=O) groups is 2. The van der Waals surface area contributed by atoms with Crippen LogP contribution < -0.4 is 5.73 Å². The van der Waals surface area contributed by atoms with Crippen LogP contribution in [0.3, 0.4) is 0 Å². The minimum absolute atomic E-state index is 0.0353. The van der Waals surface area contributed by atoms with Crippen LogP contribution >= 0.6 is 34.8 Å². The number of nitrogens with zero attached hydrogens (tertiary/aromatic N) is 2. The largest absolute Gasteiger partial charge is 0.448 e. The highest BCUT2D eigenvalue weighted by Gasteiger charge is 2.27. The van der Waals surface area contributed by atoms with Gasteiger partial charge in [-0.3, -0.25) is 4.79 Å². The van der Waals surface area contributed by atoms with Gasteiger partial charge >= 0.3 is 5.97 Å². The lowest BCUT2D eigenvalue weighted by atomic mass is 10.2. The fourth-order valence-electron chi connectivity index (χ4n) is 2.48. The van der Waals surface area contributed by atoms with Crippen LogP contribution in [-0.2, 0) is 9.53 Å². The highest BCUT2D eigenvalue weighted by molar-refractivity contribution is 6.46. The van der Waals surface area contributed by atoms with Gasteiger partial charge in [0.15, 0.2) is 17.0 Å². The molecule has 6 nitrogen and oxygen atoms in total. The van der Waals surface area contributed by atoms with Crippen LogP contribution in [0.25, 0.3) is 0 Å². The molecule has 0 spiro atoms. The molecule has 1 aliphatic heterocycles. The molecular weight excluding hydrogens is 377 g/mol. The summed E-state index contributed by atoms with van der Waals surface area (Å²) in [5.74, 6) is -1.12. The number of anilines is 1. The number of carbonyl (C=O) groups excluding carboxylic acids is 2. The maximum atomic E-state index is 12.4. The van der Waals surface area contributed by atoms with E-state index in [1.54, 1.807) is 4.90 Å². The Kier molecular flexibility index (Phi) is 6.54. The third kappa shape index (κ3) is 4.23. The fourth-order valence-corrected chi connectivity index (χ4v) is 3.07. The number of esters is 1. The SMILES string of the molecule is C[C@@H](OC(=O)c1nc(Cl)c(Cl)c(N)c1Cl)C(=O)N1CCCCCC1. The van der Waals surface area contributed by atoms with Crippen LogP contribution in [0.5, 0.6) is 0 Å². The zero-order valence-corrected chi connectivity index (χ0v) is 15.4. The van der Waals surface area contributed by atoms with Gasteiger partial charge in [-0.05, 0) is 19.8 Å². The van der Waals surface area contributed by atoms with E-state index in [0.717, 1.165) is 25.7 Å². The Morgan fingerprint density at radius 2 is 1.71 bits per heavy atom. The Morgan fingerprint density at radius 3 is 2.29 bits per heavy atom. The number of likely N-dealkylation sites (tertiary alicyclic amines) is 1. The molecule has 2 rings (SSSR count). The predicted octanol–water partition coefficient (Wildman–Crippen LogP) is 3.57. The number of halogens is 3. The van der Waals surface area contributed by atoms with Gasteiger partial charge in [-0.15, -0.1) is 0 Å². The van der Waals surface area contributed by atoms with E-state index in [0.29, 0.717) is 13.1 Å². The average molecular weight is 395 g/mol. The highest BCUT2D eigenvalue weighted by Crippen LogP contribution is 2.34. The molecule has 1 atom stereocenters. The van der Waals surface area contributed by atoms with E-state index in [-0.39, 0.29) is 32.5 Å². The van der Waals surface area contributed by atoms with Crippen LogP contribution in [0.2, 0.25) is 15.2 Å². The third-order valence-electron chi connectivity index (χ3n) is 3.81. The summed E-state index contributed by atoms with van der Waals surface area (Å²) in [6.45, 7) is 2.85. The Bertz CT molecular complexity index is 647. The van der Waals surface area contributed by atoms with Crippen molar-refractivity contribution < 1.29 is 14.3 Å². The van der Waals surface area contributed by atoms with Crippen molar-refractivity contribution in [1.82, 2.24) is 9.88 Å². The van der Waals surface area contributed by atoms with Gasteiger partial charge in [0.25, 0.3) is 5.91 Å². The molecule has 0 aromatic carbocycles. The van der Waals surface area contributed by atoms with Crippen LogP contribution in [0.4, 0.5) is 5.69 Å².